The number of benzene rings is 2. The van der Waals surface area contributed by atoms with E-state index in [-0.39, 0.29) is 11.4 Å². The minimum atomic E-state index is -0.753. The summed E-state index contributed by atoms with van der Waals surface area (Å²) in [7, 11) is 0. The molecule has 0 atom stereocenters. The quantitative estimate of drug-likeness (QED) is 0.587. The maximum atomic E-state index is 13.3. The summed E-state index contributed by atoms with van der Waals surface area (Å²) in [4.78, 5) is 14.4. The fraction of sp³-hybridized carbons (Fsp3) is 0.286. The number of ether oxygens (including phenoxy) is 1. The number of nitrogens with one attached hydrogen (secondary N) is 1. The topological polar surface area (TPSA) is 72.3 Å². The lowest BCUT2D eigenvalue weighted by molar-refractivity contribution is -0.113. The summed E-state index contributed by atoms with van der Waals surface area (Å²) in [5.41, 5.74) is 2.07. The van der Waals surface area contributed by atoms with Crippen LogP contribution in [0.5, 0.6) is 0 Å². The first-order valence-electron chi connectivity index (χ1n) is 9.73. The Morgan fingerprint density at radius 3 is 2.45 bits per heavy atom. The Morgan fingerprint density at radius 1 is 1.10 bits per heavy atom. The summed E-state index contributed by atoms with van der Waals surface area (Å²) < 4.78 is 34.0. The van der Waals surface area contributed by atoms with Crippen molar-refractivity contribution in [1.82, 2.24) is 14.8 Å². The van der Waals surface area contributed by atoms with Gasteiger partial charge in [0.25, 0.3) is 0 Å². The van der Waals surface area contributed by atoms with Crippen molar-refractivity contribution in [2.75, 3.05) is 42.3 Å². The van der Waals surface area contributed by atoms with Crippen LogP contribution in [0.2, 0.25) is 0 Å². The van der Waals surface area contributed by atoms with Crippen molar-refractivity contribution in [2.45, 2.75) is 12.1 Å². The molecule has 7 nitrogen and oxygen atoms in total. The monoisotopic (exact) mass is 445 g/mol. The molecule has 0 unspecified atom stereocenters. The minimum Gasteiger partial charge on any atom is -0.378 e. The van der Waals surface area contributed by atoms with Crippen LogP contribution in [-0.4, -0.2) is 52.7 Å². The standard InChI is InChI=1S/C21H21F2N5O2S/c1-14-2-4-18(5-3-14)28-20(27-6-8-30-9-7-27)25-26-21(28)31-13-19(29)24-17-11-15(22)10-16(23)12-17/h2-5,10-12H,6-9,13H2,1H3,(H,24,29). The van der Waals surface area contributed by atoms with E-state index in [0.29, 0.717) is 37.4 Å². The minimum absolute atomic E-state index is 0.00520. The van der Waals surface area contributed by atoms with Crippen LogP contribution in [0.25, 0.3) is 5.69 Å². The molecular formula is C21H21F2N5O2S. The average molecular weight is 445 g/mol. The third-order valence-corrected chi connectivity index (χ3v) is 5.61. The molecule has 0 bridgehead atoms. The zero-order chi connectivity index (χ0) is 21.8. The molecule has 162 valence electrons. The van der Waals surface area contributed by atoms with Gasteiger partial charge in [0.1, 0.15) is 11.6 Å². The Labute approximate surface area is 182 Å². The zero-order valence-electron chi connectivity index (χ0n) is 16.8. The van der Waals surface area contributed by atoms with Crippen LogP contribution < -0.4 is 10.2 Å². The molecule has 31 heavy (non-hydrogen) atoms. The first-order valence-corrected chi connectivity index (χ1v) is 10.7. The van der Waals surface area contributed by atoms with E-state index in [1.165, 1.54) is 11.8 Å². The molecule has 1 N–H and O–H groups in total. The van der Waals surface area contributed by atoms with Crippen LogP contribution in [0, 0.1) is 18.6 Å². The molecule has 0 saturated carbocycles. The second-order valence-electron chi connectivity index (χ2n) is 7.05. The van der Waals surface area contributed by atoms with Crippen LogP contribution >= 0.6 is 11.8 Å². The van der Waals surface area contributed by atoms with Crippen molar-refractivity contribution >= 4 is 29.3 Å². The highest BCUT2D eigenvalue weighted by molar-refractivity contribution is 7.99. The number of thioether (sulfide) groups is 1. The second kappa shape index (κ2) is 9.44. The number of nitrogens with zero attached hydrogens (tertiary/aromatic N) is 4. The van der Waals surface area contributed by atoms with Crippen molar-refractivity contribution < 1.29 is 18.3 Å². The van der Waals surface area contributed by atoms with Crippen molar-refractivity contribution in [3.8, 4) is 5.69 Å². The molecule has 0 radical (unpaired) electrons. The number of halogens is 2. The smallest absolute Gasteiger partial charge is 0.234 e. The van der Waals surface area contributed by atoms with E-state index in [1.807, 2.05) is 35.8 Å². The lowest BCUT2D eigenvalue weighted by Gasteiger charge is -2.27. The second-order valence-corrected chi connectivity index (χ2v) is 7.99. The first kappa shape index (κ1) is 21.3. The number of aryl methyl sites for hydroxylation is 1. The van der Waals surface area contributed by atoms with Crippen molar-refractivity contribution in [3.05, 3.63) is 59.7 Å². The van der Waals surface area contributed by atoms with Gasteiger partial charge in [0, 0.05) is 24.8 Å². The van der Waals surface area contributed by atoms with Gasteiger partial charge in [0.15, 0.2) is 5.16 Å². The van der Waals surface area contributed by atoms with Gasteiger partial charge < -0.3 is 15.0 Å². The van der Waals surface area contributed by atoms with Gasteiger partial charge in [0.05, 0.1) is 24.7 Å². The summed E-state index contributed by atoms with van der Waals surface area (Å²) in [6.07, 6.45) is 0. The summed E-state index contributed by atoms with van der Waals surface area (Å²) in [5, 5.41) is 11.7. The summed E-state index contributed by atoms with van der Waals surface area (Å²) in [5.74, 6) is -1.22. The number of rotatable bonds is 6. The number of morpholine rings is 1. The molecule has 2 aromatic carbocycles. The maximum absolute atomic E-state index is 13.3. The van der Waals surface area contributed by atoms with Crippen molar-refractivity contribution in [2.24, 2.45) is 0 Å². The number of aromatic nitrogens is 3. The summed E-state index contributed by atoms with van der Waals surface area (Å²) >= 11 is 1.20. The van der Waals surface area contributed by atoms with Crippen molar-refractivity contribution in [1.29, 1.82) is 0 Å². The Morgan fingerprint density at radius 2 is 1.77 bits per heavy atom. The third kappa shape index (κ3) is 5.20. The van der Waals surface area contributed by atoms with Gasteiger partial charge in [-0.2, -0.15) is 0 Å². The van der Waals surface area contributed by atoms with Gasteiger partial charge in [-0.3, -0.25) is 9.36 Å². The molecule has 1 aliphatic rings. The maximum Gasteiger partial charge on any atom is 0.234 e. The number of carbonyl (C=O) groups excluding carboxylic acids is 1. The van der Waals surface area contributed by atoms with Gasteiger partial charge in [-0.05, 0) is 31.2 Å². The van der Waals surface area contributed by atoms with Crippen LogP contribution in [0.15, 0.2) is 47.6 Å². The molecule has 1 aromatic heterocycles. The van der Waals surface area contributed by atoms with Gasteiger partial charge in [-0.25, -0.2) is 8.78 Å². The van der Waals surface area contributed by atoms with Gasteiger partial charge in [0.2, 0.25) is 11.9 Å². The van der Waals surface area contributed by atoms with Gasteiger partial charge in [-0.1, -0.05) is 29.5 Å². The highest BCUT2D eigenvalue weighted by atomic mass is 32.2. The third-order valence-electron chi connectivity index (χ3n) is 4.68. The van der Waals surface area contributed by atoms with E-state index in [4.69, 9.17) is 4.74 Å². The van der Waals surface area contributed by atoms with Crippen LogP contribution in [0.4, 0.5) is 20.4 Å². The van der Waals surface area contributed by atoms with E-state index < -0.39 is 17.5 Å². The number of hydrogen-bond acceptors (Lipinski definition) is 6. The molecule has 0 aliphatic carbocycles. The average Bonchev–Trinajstić information content (AvgIpc) is 3.17. The zero-order valence-corrected chi connectivity index (χ0v) is 17.7. The highest BCUT2D eigenvalue weighted by Crippen LogP contribution is 2.27. The number of carbonyl (C=O) groups is 1. The van der Waals surface area contributed by atoms with E-state index in [0.717, 1.165) is 29.4 Å². The Balaban J connectivity index is 1.53. The van der Waals surface area contributed by atoms with Crippen LogP contribution in [0.3, 0.4) is 0 Å². The Hall–Kier alpha value is -2.98. The molecule has 1 aliphatic heterocycles. The summed E-state index contributed by atoms with van der Waals surface area (Å²) in [6, 6.07) is 10.8. The Bertz CT molecular complexity index is 1050. The lowest BCUT2D eigenvalue weighted by atomic mass is 10.2. The number of hydrogen-bond donors (Lipinski definition) is 1. The molecule has 3 aromatic rings. The van der Waals surface area contributed by atoms with Crippen LogP contribution in [0.1, 0.15) is 5.56 Å². The molecular weight excluding hydrogens is 424 g/mol. The lowest BCUT2D eigenvalue weighted by Crippen LogP contribution is -2.37. The van der Waals surface area contributed by atoms with E-state index in [9.17, 15) is 13.6 Å². The van der Waals surface area contributed by atoms with Gasteiger partial charge >= 0.3 is 0 Å². The molecule has 1 fully saturated rings. The Kier molecular flexibility index (Phi) is 6.47. The normalized spacial score (nSPS) is 14.0. The summed E-state index contributed by atoms with van der Waals surface area (Å²) in [6.45, 7) is 4.61. The van der Waals surface area contributed by atoms with E-state index in [1.54, 1.807) is 0 Å². The molecule has 1 saturated heterocycles. The SMILES string of the molecule is Cc1ccc(-n2c(SCC(=O)Nc3cc(F)cc(F)c3)nnc2N2CCOCC2)cc1. The fourth-order valence-corrected chi connectivity index (χ4v) is 3.94. The predicted molar refractivity (Wildman–Crippen MR) is 115 cm³/mol. The highest BCUT2D eigenvalue weighted by Gasteiger charge is 2.22. The van der Waals surface area contributed by atoms with E-state index >= 15 is 0 Å². The number of anilines is 2. The van der Waals surface area contributed by atoms with Crippen molar-refractivity contribution in [3.63, 3.8) is 0 Å². The van der Waals surface area contributed by atoms with E-state index in [2.05, 4.69) is 20.4 Å². The van der Waals surface area contributed by atoms with Crippen LogP contribution in [-0.2, 0) is 9.53 Å². The molecule has 2 heterocycles. The molecule has 1 amide bonds. The molecule has 4 rings (SSSR count). The predicted octanol–water partition coefficient (Wildman–Crippen LogP) is 3.42. The van der Waals surface area contributed by atoms with Gasteiger partial charge in [-0.15, -0.1) is 10.2 Å². The largest absolute Gasteiger partial charge is 0.378 e. The number of amides is 1. The molecule has 10 heteroatoms. The fourth-order valence-electron chi connectivity index (χ4n) is 3.20. The molecule has 0 spiro atoms. The first-order chi connectivity index (χ1) is 15.0.